The van der Waals surface area contributed by atoms with E-state index in [2.05, 4.69) is 55.1 Å². The molecule has 4 rings (SSSR count). The first-order chi connectivity index (χ1) is 12.7. The van der Waals surface area contributed by atoms with Gasteiger partial charge in [0.1, 0.15) is 12.3 Å². The van der Waals surface area contributed by atoms with Crippen molar-refractivity contribution in [1.29, 1.82) is 5.26 Å². The van der Waals surface area contributed by atoms with Gasteiger partial charge in [-0.05, 0) is 68.0 Å². The van der Waals surface area contributed by atoms with E-state index in [9.17, 15) is 5.26 Å². The molecule has 0 atom stereocenters. The van der Waals surface area contributed by atoms with Crippen molar-refractivity contribution in [2.75, 3.05) is 13.1 Å². The van der Waals surface area contributed by atoms with Crippen LogP contribution in [0.5, 0.6) is 0 Å². The molecule has 0 bridgehead atoms. The van der Waals surface area contributed by atoms with Crippen molar-refractivity contribution >= 4 is 0 Å². The van der Waals surface area contributed by atoms with Gasteiger partial charge in [0.25, 0.3) is 0 Å². The standard InChI is InChI=1S/C23H24N2O/c1-16-17(2)22(23-20(12-24)14-26-15-21(16)23)19-8-10-25(11-9-19)13-18-6-4-3-5-7-18/h3-7,14-15,19H,8-11,13H2,1-2H3. The molecule has 3 heteroatoms. The molecule has 0 amide bonds. The molecule has 132 valence electrons. The van der Waals surface area contributed by atoms with E-state index in [1.807, 2.05) is 0 Å². The summed E-state index contributed by atoms with van der Waals surface area (Å²) in [5.74, 6) is 0.521. The van der Waals surface area contributed by atoms with Gasteiger partial charge < -0.3 is 4.42 Å². The fourth-order valence-electron chi connectivity index (χ4n) is 4.40. The Bertz CT molecular complexity index is 911. The zero-order chi connectivity index (χ0) is 18.1. The van der Waals surface area contributed by atoms with Gasteiger partial charge in [-0.3, -0.25) is 4.90 Å². The first kappa shape index (κ1) is 16.9. The van der Waals surface area contributed by atoms with Crippen molar-refractivity contribution in [2.24, 2.45) is 0 Å². The van der Waals surface area contributed by atoms with Crippen molar-refractivity contribution < 1.29 is 4.42 Å². The number of likely N-dealkylation sites (tertiary alicyclic amines) is 1. The lowest BCUT2D eigenvalue weighted by Gasteiger charge is -2.33. The van der Waals surface area contributed by atoms with Crippen LogP contribution in [0.1, 0.15) is 46.6 Å². The van der Waals surface area contributed by atoms with Gasteiger partial charge in [0.2, 0.25) is 0 Å². The van der Waals surface area contributed by atoms with Crippen LogP contribution < -0.4 is 0 Å². The first-order valence-corrected chi connectivity index (χ1v) is 9.34. The van der Waals surface area contributed by atoms with Gasteiger partial charge >= 0.3 is 0 Å². The van der Waals surface area contributed by atoms with Gasteiger partial charge in [-0.1, -0.05) is 30.3 Å². The summed E-state index contributed by atoms with van der Waals surface area (Å²) in [4.78, 5) is 2.54. The summed E-state index contributed by atoms with van der Waals surface area (Å²) in [5, 5.41) is 9.55. The van der Waals surface area contributed by atoms with Crippen LogP contribution >= 0.6 is 0 Å². The monoisotopic (exact) mass is 344 g/mol. The third-order valence-corrected chi connectivity index (χ3v) is 5.92. The fraction of sp³-hybridized carbons (Fsp3) is 0.348. The first-order valence-electron chi connectivity index (χ1n) is 9.34. The van der Waals surface area contributed by atoms with E-state index in [-0.39, 0.29) is 0 Å². The minimum atomic E-state index is 0.521. The van der Waals surface area contributed by atoms with Crippen molar-refractivity contribution in [1.82, 2.24) is 4.90 Å². The number of nitriles is 1. The maximum atomic E-state index is 9.55. The van der Waals surface area contributed by atoms with Crippen molar-refractivity contribution in [3.63, 3.8) is 0 Å². The molecule has 1 aromatic carbocycles. The topological polar surface area (TPSA) is 40.2 Å². The van der Waals surface area contributed by atoms with Crippen molar-refractivity contribution in [3.05, 3.63) is 70.7 Å². The van der Waals surface area contributed by atoms with E-state index in [1.165, 1.54) is 22.3 Å². The molecule has 1 fully saturated rings. The third-order valence-electron chi connectivity index (χ3n) is 5.92. The molecule has 1 aliphatic carbocycles. The highest BCUT2D eigenvalue weighted by atomic mass is 16.3. The van der Waals surface area contributed by atoms with E-state index in [4.69, 9.17) is 4.42 Å². The van der Waals surface area contributed by atoms with Crippen LogP contribution in [0.25, 0.3) is 11.1 Å². The van der Waals surface area contributed by atoms with Gasteiger partial charge in [0.05, 0.1) is 11.8 Å². The molecule has 0 radical (unpaired) electrons. The molecule has 0 spiro atoms. The molecule has 26 heavy (non-hydrogen) atoms. The summed E-state index contributed by atoms with van der Waals surface area (Å²) in [5.41, 5.74) is 8.23. The van der Waals surface area contributed by atoms with E-state index >= 15 is 0 Å². The second-order valence-electron chi connectivity index (χ2n) is 7.39. The van der Waals surface area contributed by atoms with Gasteiger partial charge in [-0.25, -0.2) is 0 Å². The number of hydrogen-bond acceptors (Lipinski definition) is 3. The smallest absolute Gasteiger partial charge is 0.109 e. The second-order valence-corrected chi connectivity index (χ2v) is 7.39. The zero-order valence-electron chi connectivity index (χ0n) is 15.5. The molecule has 2 heterocycles. The SMILES string of the molecule is Cc1c2cocc(C#N)c-2c(C2CCN(Cc3ccccc3)CC2)c1C. The lowest BCUT2D eigenvalue weighted by Crippen LogP contribution is -2.32. The highest BCUT2D eigenvalue weighted by Crippen LogP contribution is 2.45. The highest BCUT2D eigenvalue weighted by molar-refractivity contribution is 5.82. The molecule has 3 nitrogen and oxygen atoms in total. The molecular weight excluding hydrogens is 320 g/mol. The highest BCUT2D eigenvalue weighted by Gasteiger charge is 2.30. The Morgan fingerprint density at radius 3 is 2.50 bits per heavy atom. The summed E-state index contributed by atoms with van der Waals surface area (Å²) >= 11 is 0. The van der Waals surface area contributed by atoms with Gasteiger partial charge in [-0.2, -0.15) is 5.26 Å². The third kappa shape index (κ3) is 2.91. The van der Waals surface area contributed by atoms with Crippen LogP contribution in [-0.4, -0.2) is 18.0 Å². The van der Waals surface area contributed by atoms with Crippen molar-refractivity contribution in [2.45, 2.75) is 39.2 Å². The Balaban J connectivity index is 1.57. The average molecular weight is 344 g/mol. The maximum Gasteiger partial charge on any atom is 0.109 e. The Labute approximate surface area is 155 Å². The molecular formula is C23H24N2O. The number of hydrogen-bond donors (Lipinski definition) is 0. The summed E-state index contributed by atoms with van der Waals surface area (Å²) in [7, 11) is 0. The van der Waals surface area contributed by atoms with Crippen LogP contribution in [-0.2, 0) is 6.54 Å². The van der Waals surface area contributed by atoms with Crippen LogP contribution in [0.15, 0.2) is 47.3 Å². The van der Waals surface area contributed by atoms with Crippen LogP contribution in [0, 0.1) is 25.2 Å². The Morgan fingerprint density at radius 1 is 1.08 bits per heavy atom. The summed E-state index contributed by atoms with van der Waals surface area (Å²) in [6, 6.07) is 13.0. The number of nitrogens with zero attached hydrogens (tertiary/aromatic N) is 2. The largest absolute Gasteiger partial charge is 0.471 e. The minimum Gasteiger partial charge on any atom is -0.471 e. The van der Waals surface area contributed by atoms with Gasteiger partial charge in [0, 0.05) is 17.7 Å². The van der Waals surface area contributed by atoms with Gasteiger partial charge in [-0.15, -0.1) is 0 Å². The molecule has 0 N–H and O–H groups in total. The molecule has 2 aliphatic heterocycles. The predicted molar refractivity (Wildman–Crippen MR) is 103 cm³/mol. The summed E-state index contributed by atoms with van der Waals surface area (Å²) < 4.78 is 5.40. The van der Waals surface area contributed by atoms with Crippen molar-refractivity contribution in [3.8, 4) is 17.2 Å². The van der Waals surface area contributed by atoms with Gasteiger partial charge in [0.15, 0.2) is 0 Å². The molecule has 3 aliphatic rings. The molecule has 1 saturated heterocycles. The number of rotatable bonds is 3. The number of piperidine rings is 1. The normalized spacial score (nSPS) is 16.0. The predicted octanol–water partition coefficient (Wildman–Crippen LogP) is 5.25. The van der Waals surface area contributed by atoms with Crippen LogP contribution in [0.4, 0.5) is 0 Å². The van der Waals surface area contributed by atoms with E-state index in [1.54, 1.807) is 12.5 Å². The Morgan fingerprint density at radius 2 is 1.81 bits per heavy atom. The Hall–Kier alpha value is -2.57. The van der Waals surface area contributed by atoms with E-state index in [0.717, 1.165) is 43.6 Å². The molecule has 0 aromatic heterocycles. The second kappa shape index (κ2) is 6.97. The molecule has 1 aromatic rings. The molecule has 0 saturated carbocycles. The lowest BCUT2D eigenvalue weighted by molar-refractivity contribution is 0.204. The zero-order valence-corrected chi connectivity index (χ0v) is 15.5. The van der Waals surface area contributed by atoms with E-state index in [0.29, 0.717) is 11.5 Å². The quantitative estimate of drug-likeness (QED) is 0.651. The number of benzene rings is 1. The summed E-state index contributed by atoms with van der Waals surface area (Å²) in [6.45, 7) is 7.56. The maximum absolute atomic E-state index is 9.55. The Kier molecular flexibility index (Phi) is 4.53. The van der Waals surface area contributed by atoms with E-state index < -0.39 is 0 Å². The minimum absolute atomic E-state index is 0.521. The fourth-order valence-corrected chi connectivity index (χ4v) is 4.40. The van der Waals surface area contributed by atoms with Crippen LogP contribution in [0.3, 0.4) is 0 Å². The lowest BCUT2D eigenvalue weighted by atomic mass is 9.85. The summed E-state index contributed by atoms with van der Waals surface area (Å²) in [6.07, 6.45) is 5.67. The van der Waals surface area contributed by atoms with Crippen LogP contribution in [0.2, 0.25) is 0 Å². The average Bonchev–Trinajstić information content (AvgIpc) is 2.94. The number of fused-ring (bicyclic) bond motifs is 1. The molecule has 0 unspecified atom stereocenters.